The number of benzene rings is 1. The van der Waals surface area contributed by atoms with E-state index >= 15 is 0 Å². The average molecular weight is 311 g/mol. The molecule has 1 aromatic carbocycles. The van der Waals surface area contributed by atoms with Crippen molar-refractivity contribution in [2.75, 3.05) is 10.6 Å². The second-order valence-corrected chi connectivity index (χ2v) is 5.77. The monoisotopic (exact) mass is 311 g/mol. The van der Waals surface area contributed by atoms with Crippen LogP contribution in [-0.4, -0.2) is 10.9 Å². The molecular formula is C19H25N3O. The van der Waals surface area contributed by atoms with Crippen LogP contribution in [0.15, 0.2) is 42.6 Å². The summed E-state index contributed by atoms with van der Waals surface area (Å²) < 4.78 is 0. The molecule has 0 aliphatic carbocycles. The maximum atomic E-state index is 12.0. The normalized spacial score (nSPS) is 10.6. The SMILES string of the molecule is CCC(CC)C(=O)Nc1ccc(NCc2ccc(C)cc2)nc1. The van der Waals surface area contributed by atoms with Crippen LogP contribution in [0.5, 0.6) is 0 Å². The minimum Gasteiger partial charge on any atom is -0.366 e. The Bertz CT molecular complexity index is 616. The van der Waals surface area contributed by atoms with Gasteiger partial charge in [0.15, 0.2) is 0 Å². The van der Waals surface area contributed by atoms with E-state index < -0.39 is 0 Å². The van der Waals surface area contributed by atoms with Crippen LogP contribution >= 0.6 is 0 Å². The number of nitrogens with zero attached hydrogens (tertiary/aromatic N) is 1. The molecule has 0 spiro atoms. The summed E-state index contributed by atoms with van der Waals surface area (Å²) in [5.41, 5.74) is 3.20. The molecule has 4 nitrogen and oxygen atoms in total. The summed E-state index contributed by atoms with van der Waals surface area (Å²) in [6.07, 6.45) is 3.40. The van der Waals surface area contributed by atoms with Crippen LogP contribution in [0.3, 0.4) is 0 Å². The third-order valence-electron chi connectivity index (χ3n) is 3.98. The second-order valence-electron chi connectivity index (χ2n) is 5.77. The summed E-state index contributed by atoms with van der Waals surface area (Å²) in [6.45, 7) is 6.87. The summed E-state index contributed by atoms with van der Waals surface area (Å²) in [5.74, 6) is 0.928. The summed E-state index contributed by atoms with van der Waals surface area (Å²) in [5, 5.41) is 6.20. The number of anilines is 2. The van der Waals surface area contributed by atoms with E-state index in [1.165, 1.54) is 11.1 Å². The lowest BCUT2D eigenvalue weighted by atomic mass is 10.0. The van der Waals surface area contributed by atoms with Gasteiger partial charge in [-0.25, -0.2) is 4.98 Å². The van der Waals surface area contributed by atoms with E-state index in [0.717, 1.165) is 30.9 Å². The van der Waals surface area contributed by atoms with Gasteiger partial charge < -0.3 is 10.6 Å². The minimum absolute atomic E-state index is 0.0642. The standard InChI is InChI=1S/C19H25N3O/c1-4-16(5-2)19(23)22-17-10-11-18(21-13-17)20-12-15-8-6-14(3)7-9-15/h6-11,13,16H,4-5,12H2,1-3H3,(H,20,21)(H,22,23). The zero-order valence-electron chi connectivity index (χ0n) is 14.1. The fraction of sp³-hybridized carbons (Fsp3) is 0.368. The van der Waals surface area contributed by atoms with Gasteiger partial charge in [0, 0.05) is 12.5 Å². The molecule has 1 aromatic heterocycles. The van der Waals surface area contributed by atoms with Gasteiger partial charge in [0.05, 0.1) is 11.9 Å². The van der Waals surface area contributed by atoms with Crippen molar-refractivity contribution in [1.29, 1.82) is 0 Å². The molecule has 0 bridgehead atoms. The van der Waals surface area contributed by atoms with Crippen molar-refractivity contribution in [1.82, 2.24) is 4.98 Å². The molecule has 2 aromatic rings. The first-order valence-corrected chi connectivity index (χ1v) is 8.18. The van der Waals surface area contributed by atoms with E-state index in [0.29, 0.717) is 0 Å². The molecule has 0 saturated heterocycles. The Morgan fingerprint density at radius 1 is 1.09 bits per heavy atom. The third-order valence-corrected chi connectivity index (χ3v) is 3.98. The molecule has 2 rings (SSSR count). The zero-order valence-corrected chi connectivity index (χ0v) is 14.1. The van der Waals surface area contributed by atoms with Gasteiger partial charge in [0.1, 0.15) is 5.82 Å². The quantitative estimate of drug-likeness (QED) is 0.798. The number of rotatable bonds is 7. The number of aryl methyl sites for hydroxylation is 1. The fourth-order valence-corrected chi connectivity index (χ4v) is 2.37. The topological polar surface area (TPSA) is 54.0 Å². The van der Waals surface area contributed by atoms with Gasteiger partial charge in [-0.1, -0.05) is 43.7 Å². The Balaban J connectivity index is 1.89. The number of carbonyl (C=O) groups is 1. The summed E-state index contributed by atoms with van der Waals surface area (Å²) in [7, 11) is 0. The van der Waals surface area contributed by atoms with Crippen LogP contribution in [-0.2, 0) is 11.3 Å². The molecule has 0 fully saturated rings. The van der Waals surface area contributed by atoms with Crippen LogP contribution in [0.4, 0.5) is 11.5 Å². The highest BCUT2D eigenvalue weighted by molar-refractivity contribution is 5.92. The molecule has 0 aliphatic heterocycles. The first-order valence-electron chi connectivity index (χ1n) is 8.18. The van der Waals surface area contributed by atoms with E-state index in [9.17, 15) is 4.79 Å². The number of pyridine rings is 1. The molecule has 1 heterocycles. The second kappa shape index (κ2) is 8.32. The van der Waals surface area contributed by atoms with Gasteiger partial charge in [-0.2, -0.15) is 0 Å². The summed E-state index contributed by atoms with van der Waals surface area (Å²) in [6, 6.07) is 12.2. The van der Waals surface area contributed by atoms with Crippen molar-refractivity contribution in [3.63, 3.8) is 0 Å². The van der Waals surface area contributed by atoms with E-state index in [1.807, 2.05) is 26.0 Å². The Kier molecular flexibility index (Phi) is 6.15. The van der Waals surface area contributed by atoms with Crippen molar-refractivity contribution in [3.8, 4) is 0 Å². The van der Waals surface area contributed by atoms with Gasteiger partial charge in [-0.3, -0.25) is 4.79 Å². The van der Waals surface area contributed by atoms with Crippen LogP contribution in [0.2, 0.25) is 0 Å². The molecule has 23 heavy (non-hydrogen) atoms. The predicted octanol–water partition coefficient (Wildman–Crippen LogP) is 4.38. The maximum Gasteiger partial charge on any atom is 0.227 e. The van der Waals surface area contributed by atoms with Crippen LogP contribution in [0, 0.1) is 12.8 Å². The Hall–Kier alpha value is -2.36. The van der Waals surface area contributed by atoms with Crippen molar-refractivity contribution in [2.45, 2.75) is 40.2 Å². The molecule has 0 saturated carbocycles. The highest BCUT2D eigenvalue weighted by atomic mass is 16.1. The van der Waals surface area contributed by atoms with Crippen molar-refractivity contribution in [3.05, 3.63) is 53.7 Å². The molecule has 0 unspecified atom stereocenters. The number of hydrogen-bond donors (Lipinski definition) is 2. The van der Waals surface area contributed by atoms with Gasteiger partial charge in [-0.15, -0.1) is 0 Å². The number of aromatic nitrogens is 1. The Labute approximate surface area is 138 Å². The molecule has 1 amide bonds. The highest BCUT2D eigenvalue weighted by Crippen LogP contribution is 2.15. The molecule has 0 radical (unpaired) electrons. The van der Waals surface area contributed by atoms with E-state index in [-0.39, 0.29) is 11.8 Å². The van der Waals surface area contributed by atoms with Gasteiger partial charge in [0.25, 0.3) is 0 Å². The first kappa shape index (κ1) is 17.0. The lowest BCUT2D eigenvalue weighted by Gasteiger charge is -2.13. The van der Waals surface area contributed by atoms with Crippen molar-refractivity contribution >= 4 is 17.4 Å². The lowest BCUT2D eigenvalue weighted by molar-refractivity contribution is -0.120. The van der Waals surface area contributed by atoms with Crippen LogP contribution < -0.4 is 10.6 Å². The Morgan fingerprint density at radius 2 is 1.78 bits per heavy atom. The molecular weight excluding hydrogens is 286 g/mol. The van der Waals surface area contributed by atoms with E-state index in [2.05, 4.69) is 46.8 Å². The van der Waals surface area contributed by atoms with E-state index in [4.69, 9.17) is 0 Å². The maximum absolute atomic E-state index is 12.0. The smallest absolute Gasteiger partial charge is 0.227 e. The molecule has 0 atom stereocenters. The van der Waals surface area contributed by atoms with Gasteiger partial charge in [0.2, 0.25) is 5.91 Å². The largest absolute Gasteiger partial charge is 0.366 e. The van der Waals surface area contributed by atoms with Gasteiger partial charge in [-0.05, 0) is 37.5 Å². The highest BCUT2D eigenvalue weighted by Gasteiger charge is 2.13. The summed E-state index contributed by atoms with van der Waals surface area (Å²) in [4.78, 5) is 16.4. The average Bonchev–Trinajstić information content (AvgIpc) is 2.57. The molecule has 122 valence electrons. The zero-order chi connectivity index (χ0) is 16.7. The van der Waals surface area contributed by atoms with E-state index in [1.54, 1.807) is 6.20 Å². The number of amides is 1. The predicted molar refractivity (Wildman–Crippen MR) is 95.4 cm³/mol. The number of carbonyl (C=O) groups excluding carboxylic acids is 1. The fourth-order valence-electron chi connectivity index (χ4n) is 2.37. The third kappa shape index (κ3) is 5.09. The molecule has 4 heteroatoms. The minimum atomic E-state index is 0.0642. The Morgan fingerprint density at radius 3 is 2.35 bits per heavy atom. The van der Waals surface area contributed by atoms with Crippen LogP contribution in [0.1, 0.15) is 37.8 Å². The molecule has 0 aliphatic rings. The molecule has 2 N–H and O–H groups in total. The first-order chi connectivity index (χ1) is 11.1. The summed E-state index contributed by atoms with van der Waals surface area (Å²) >= 11 is 0. The van der Waals surface area contributed by atoms with Crippen molar-refractivity contribution < 1.29 is 4.79 Å². The van der Waals surface area contributed by atoms with Crippen molar-refractivity contribution in [2.24, 2.45) is 5.92 Å². The van der Waals surface area contributed by atoms with Gasteiger partial charge >= 0.3 is 0 Å². The lowest BCUT2D eigenvalue weighted by Crippen LogP contribution is -2.21. The number of nitrogens with one attached hydrogen (secondary N) is 2. The van der Waals surface area contributed by atoms with Crippen LogP contribution in [0.25, 0.3) is 0 Å². The number of hydrogen-bond acceptors (Lipinski definition) is 3.